The Bertz CT molecular complexity index is 772. The summed E-state index contributed by atoms with van der Waals surface area (Å²) in [6.07, 6.45) is -4.11. The number of carbonyl (C=O) groups is 1. The van der Waals surface area contributed by atoms with Crippen LogP contribution in [0.5, 0.6) is 0 Å². The molecule has 1 saturated carbocycles. The lowest BCUT2D eigenvalue weighted by atomic mass is 9.92. The lowest BCUT2D eigenvalue weighted by Crippen LogP contribution is -2.56. The van der Waals surface area contributed by atoms with E-state index in [1.54, 1.807) is 13.8 Å². The summed E-state index contributed by atoms with van der Waals surface area (Å²) in [5, 5.41) is 19.7. The molecule has 0 unspecified atom stereocenters. The van der Waals surface area contributed by atoms with E-state index >= 15 is 0 Å². The molecule has 160 valence electrons. The van der Waals surface area contributed by atoms with Gasteiger partial charge in [-0.2, -0.15) is 18.4 Å². The molecule has 1 aliphatic rings. The van der Waals surface area contributed by atoms with Gasteiger partial charge in [0.05, 0.1) is 17.7 Å². The van der Waals surface area contributed by atoms with Crippen molar-refractivity contribution in [3.8, 4) is 6.07 Å². The maximum Gasteiger partial charge on any atom is 0.408 e. The van der Waals surface area contributed by atoms with Crippen LogP contribution < -0.4 is 5.73 Å². The molecule has 1 aromatic rings. The Morgan fingerprint density at radius 1 is 1.28 bits per heavy atom. The van der Waals surface area contributed by atoms with E-state index in [4.69, 9.17) is 5.73 Å². The number of nitriles is 1. The lowest BCUT2D eigenvalue weighted by molar-refractivity contribution is -0.200. The number of primary amides is 1. The van der Waals surface area contributed by atoms with Crippen LogP contribution in [0.2, 0.25) is 0 Å². The standard InChI is InChI=1S/C21H28F3N3O2/c1-13(2)11-16(18(26)28)27(20(12-25)9-10-20)17(21(22,23)24)14-5-7-15(8-6-14)19(3,4)29/h5-8,13,16-17,29H,9-11H2,1-4H3,(H2,26,28)/t16-,17-/m0/s1. The number of rotatable bonds is 8. The Morgan fingerprint density at radius 3 is 2.10 bits per heavy atom. The van der Waals surface area contributed by atoms with Crippen molar-refractivity contribution in [1.82, 2.24) is 4.90 Å². The molecule has 0 saturated heterocycles. The highest BCUT2D eigenvalue weighted by atomic mass is 19.4. The number of nitrogens with zero attached hydrogens (tertiary/aromatic N) is 2. The number of hydrogen-bond acceptors (Lipinski definition) is 4. The fraction of sp³-hybridized carbons (Fsp3) is 0.619. The van der Waals surface area contributed by atoms with Gasteiger partial charge >= 0.3 is 6.18 Å². The molecular formula is C21H28F3N3O2. The van der Waals surface area contributed by atoms with Crippen LogP contribution in [-0.4, -0.2) is 33.7 Å². The van der Waals surface area contributed by atoms with Crippen LogP contribution in [0.15, 0.2) is 24.3 Å². The summed E-state index contributed by atoms with van der Waals surface area (Å²) in [5.74, 6) is -0.960. The van der Waals surface area contributed by atoms with E-state index in [1.165, 1.54) is 38.1 Å². The molecule has 1 amide bonds. The Labute approximate surface area is 169 Å². The molecule has 1 aromatic carbocycles. The third-order valence-corrected chi connectivity index (χ3v) is 5.31. The number of carbonyl (C=O) groups excluding carboxylic acids is 1. The Balaban J connectivity index is 2.62. The van der Waals surface area contributed by atoms with Crippen LogP contribution in [0.4, 0.5) is 13.2 Å². The van der Waals surface area contributed by atoms with Gasteiger partial charge in [-0.15, -0.1) is 0 Å². The molecule has 8 heteroatoms. The number of benzene rings is 1. The number of amides is 1. The van der Waals surface area contributed by atoms with E-state index in [9.17, 15) is 28.3 Å². The first-order valence-corrected chi connectivity index (χ1v) is 9.61. The van der Waals surface area contributed by atoms with Crippen molar-refractivity contribution in [2.24, 2.45) is 11.7 Å². The predicted molar refractivity (Wildman–Crippen MR) is 102 cm³/mol. The van der Waals surface area contributed by atoms with Crippen molar-refractivity contribution in [3.63, 3.8) is 0 Å². The highest BCUT2D eigenvalue weighted by Crippen LogP contribution is 2.52. The maximum absolute atomic E-state index is 14.3. The summed E-state index contributed by atoms with van der Waals surface area (Å²) in [7, 11) is 0. The van der Waals surface area contributed by atoms with E-state index < -0.39 is 35.3 Å². The minimum atomic E-state index is -4.73. The van der Waals surface area contributed by atoms with Crippen LogP contribution in [0, 0.1) is 17.2 Å². The largest absolute Gasteiger partial charge is 0.408 e. The van der Waals surface area contributed by atoms with Gasteiger partial charge in [0.15, 0.2) is 0 Å². The molecule has 5 nitrogen and oxygen atoms in total. The van der Waals surface area contributed by atoms with Gasteiger partial charge in [-0.3, -0.25) is 9.69 Å². The zero-order valence-electron chi connectivity index (χ0n) is 17.1. The van der Waals surface area contributed by atoms with Crippen LogP contribution in [0.3, 0.4) is 0 Å². The fourth-order valence-electron chi connectivity index (χ4n) is 3.67. The first kappa shape index (κ1) is 23.2. The molecule has 0 aromatic heterocycles. The van der Waals surface area contributed by atoms with Gasteiger partial charge in [0.1, 0.15) is 11.6 Å². The molecule has 3 N–H and O–H groups in total. The second-order valence-electron chi connectivity index (χ2n) is 8.72. The van der Waals surface area contributed by atoms with Gasteiger partial charge in [-0.1, -0.05) is 38.1 Å². The Hall–Kier alpha value is -2.11. The van der Waals surface area contributed by atoms with Crippen LogP contribution in [-0.2, 0) is 10.4 Å². The van der Waals surface area contributed by atoms with Gasteiger partial charge in [0, 0.05) is 0 Å². The monoisotopic (exact) mass is 411 g/mol. The van der Waals surface area contributed by atoms with Gasteiger partial charge in [0.2, 0.25) is 5.91 Å². The SMILES string of the molecule is CC(C)C[C@@H](C(N)=O)N([C@@H](c1ccc(C(C)(C)O)cc1)C(F)(F)F)C1(C#N)CC1. The lowest BCUT2D eigenvalue weighted by Gasteiger charge is -2.41. The molecule has 0 radical (unpaired) electrons. The highest BCUT2D eigenvalue weighted by molar-refractivity contribution is 5.80. The van der Waals surface area contributed by atoms with Gasteiger partial charge in [-0.25, -0.2) is 0 Å². The van der Waals surface area contributed by atoms with Crippen LogP contribution >= 0.6 is 0 Å². The Morgan fingerprint density at radius 2 is 1.79 bits per heavy atom. The molecule has 29 heavy (non-hydrogen) atoms. The second kappa shape index (κ2) is 7.96. The van der Waals surface area contributed by atoms with Crippen LogP contribution in [0.25, 0.3) is 0 Å². The van der Waals surface area contributed by atoms with E-state index in [0.29, 0.717) is 5.56 Å². The molecule has 1 fully saturated rings. The number of aliphatic hydroxyl groups is 1. The van der Waals surface area contributed by atoms with E-state index in [1.807, 2.05) is 6.07 Å². The molecule has 0 aliphatic heterocycles. The predicted octanol–water partition coefficient (Wildman–Crippen LogP) is 3.78. The van der Waals surface area contributed by atoms with Gasteiger partial charge < -0.3 is 10.8 Å². The molecule has 0 spiro atoms. The summed E-state index contributed by atoms with van der Waals surface area (Å²) in [5.41, 5.74) is 3.31. The first-order valence-electron chi connectivity index (χ1n) is 9.61. The van der Waals surface area contributed by atoms with E-state index in [2.05, 4.69) is 0 Å². The summed E-state index contributed by atoms with van der Waals surface area (Å²) in [6, 6.07) is 4.06. The van der Waals surface area contributed by atoms with E-state index in [0.717, 1.165) is 4.90 Å². The third-order valence-electron chi connectivity index (χ3n) is 5.31. The summed E-state index contributed by atoms with van der Waals surface area (Å²) < 4.78 is 42.9. The molecular weight excluding hydrogens is 383 g/mol. The minimum Gasteiger partial charge on any atom is -0.386 e. The van der Waals surface area contributed by atoms with Crippen molar-refractivity contribution in [1.29, 1.82) is 5.26 Å². The number of hydrogen-bond donors (Lipinski definition) is 2. The quantitative estimate of drug-likeness (QED) is 0.681. The number of nitrogens with two attached hydrogens (primary N) is 1. The van der Waals surface area contributed by atoms with Crippen molar-refractivity contribution in [2.45, 2.75) is 76.4 Å². The van der Waals surface area contributed by atoms with E-state index in [-0.39, 0.29) is 30.7 Å². The number of halogens is 3. The molecule has 2 rings (SSSR count). The first-order chi connectivity index (χ1) is 13.2. The van der Waals surface area contributed by atoms with Crippen molar-refractivity contribution < 1.29 is 23.1 Å². The zero-order valence-corrected chi connectivity index (χ0v) is 17.1. The van der Waals surface area contributed by atoms with Crippen molar-refractivity contribution >= 4 is 5.91 Å². The normalized spacial score (nSPS) is 18.4. The molecule has 2 atom stereocenters. The topological polar surface area (TPSA) is 90.3 Å². The molecule has 0 bridgehead atoms. The maximum atomic E-state index is 14.3. The summed E-state index contributed by atoms with van der Waals surface area (Å²) >= 11 is 0. The summed E-state index contributed by atoms with van der Waals surface area (Å²) in [4.78, 5) is 13.2. The average molecular weight is 411 g/mol. The Kier molecular flexibility index (Phi) is 6.36. The van der Waals surface area contributed by atoms with Crippen LogP contribution in [0.1, 0.15) is 64.1 Å². The fourth-order valence-corrected chi connectivity index (χ4v) is 3.67. The second-order valence-corrected chi connectivity index (χ2v) is 8.72. The van der Waals surface area contributed by atoms with Gasteiger partial charge in [0.25, 0.3) is 0 Å². The van der Waals surface area contributed by atoms with Gasteiger partial charge in [-0.05, 0) is 50.2 Å². The zero-order chi connectivity index (χ0) is 22.2. The van der Waals surface area contributed by atoms with Crippen molar-refractivity contribution in [2.75, 3.05) is 0 Å². The third kappa shape index (κ3) is 5.09. The smallest absolute Gasteiger partial charge is 0.386 e. The molecule has 1 aliphatic carbocycles. The summed E-state index contributed by atoms with van der Waals surface area (Å²) in [6.45, 7) is 6.66. The highest BCUT2D eigenvalue weighted by Gasteiger charge is 2.60. The average Bonchev–Trinajstić information content (AvgIpc) is 3.36. The minimum absolute atomic E-state index is 0.0871. The number of alkyl halides is 3. The van der Waals surface area contributed by atoms with Crippen molar-refractivity contribution in [3.05, 3.63) is 35.4 Å². The molecule has 0 heterocycles.